The maximum absolute atomic E-state index is 13.5. The van der Waals surface area contributed by atoms with Crippen molar-refractivity contribution in [3.63, 3.8) is 0 Å². The summed E-state index contributed by atoms with van der Waals surface area (Å²) in [6.07, 6.45) is 5.98. The topological polar surface area (TPSA) is 121 Å². The molecule has 0 saturated carbocycles. The van der Waals surface area contributed by atoms with E-state index in [-0.39, 0.29) is 39.7 Å². The minimum Gasteiger partial charge on any atom is -0.434 e. The Balaban J connectivity index is 1.30. The molecule has 218 valence electrons. The van der Waals surface area contributed by atoms with Gasteiger partial charge in [-0.3, -0.25) is 19.6 Å². The lowest BCUT2D eigenvalue weighted by Gasteiger charge is -2.42. The van der Waals surface area contributed by atoms with Gasteiger partial charge >= 0.3 is 6.61 Å². The molecular weight excluding hydrogens is 566 g/mol. The number of nitrogens with one attached hydrogen (secondary N) is 2. The van der Waals surface area contributed by atoms with Crippen molar-refractivity contribution >= 4 is 44.6 Å². The number of nitrogens with zero attached hydrogens (tertiary/aromatic N) is 6. The molecule has 1 aromatic carbocycles. The van der Waals surface area contributed by atoms with E-state index in [4.69, 9.17) is 4.74 Å². The molecule has 6 rings (SSSR count). The highest BCUT2D eigenvalue weighted by atomic mass is 32.1. The molecule has 5 aromatic rings. The molecule has 14 heteroatoms. The van der Waals surface area contributed by atoms with Crippen LogP contribution >= 0.6 is 11.3 Å². The largest absolute Gasteiger partial charge is 0.434 e. The van der Waals surface area contributed by atoms with E-state index in [0.29, 0.717) is 33.7 Å². The first-order chi connectivity index (χ1) is 20.1. The molecular formula is C28H28F2N8O3S. The second-order valence-corrected chi connectivity index (χ2v) is 12.0. The van der Waals surface area contributed by atoms with Crippen LogP contribution in [0.25, 0.3) is 27.0 Å². The zero-order chi connectivity index (χ0) is 29.6. The molecule has 42 heavy (non-hydrogen) atoms. The number of halogens is 2. The average molecular weight is 595 g/mol. The summed E-state index contributed by atoms with van der Waals surface area (Å²) in [4.78, 5) is 35.4. The van der Waals surface area contributed by atoms with Crippen LogP contribution in [0.1, 0.15) is 40.8 Å². The van der Waals surface area contributed by atoms with Crippen LogP contribution in [0.15, 0.2) is 49.1 Å². The molecule has 1 aliphatic heterocycles. The van der Waals surface area contributed by atoms with Crippen molar-refractivity contribution < 1.29 is 23.1 Å². The highest BCUT2D eigenvalue weighted by Crippen LogP contribution is 2.40. The SMILES string of the molecule is CC(C)(C)N1CCN(C(=O)c2cc3cc(OC(F)F)c(-c4[nH]ncc4NC(=O)c4cnn5cccnc45)cc3s2)CC1. The summed E-state index contributed by atoms with van der Waals surface area (Å²) in [7, 11) is 0. The van der Waals surface area contributed by atoms with Crippen molar-refractivity contribution in [2.75, 3.05) is 31.5 Å². The molecule has 2 N–H and O–H groups in total. The Hall–Kier alpha value is -4.43. The van der Waals surface area contributed by atoms with E-state index in [1.54, 1.807) is 30.6 Å². The number of alkyl halides is 2. The van der Waals surface area contributed by atoms with E-state index >= 15 is 0 Å². The van der Waals surface area contributed by atoms with Crippen molar-refractivity contribution in [3.05, 3.63) is 59.5 Å². The van der Waals surface area contributed by atoms with Crippen LogP contribution in [0, 0.1) is 0 Å². The van der Waals surface area contributed by atoms with Crippen molar-refractivity contribution in [2.24, 2.45) is 0 Å². The van der Waals surface area contributed by atoms with E-state index < -0.39 is 12.5 Å². The van der Waals surface area contributed by atoms with E-state index in [2.05, 4.69) is 51.3 Å². The molecule has 1 saturated heterocycles. The monoisotopic (exact) mass is 594 g/mol. The quantitative estimate of drug-likeness (QED) is 0.291. The fourth-order valence-electron chi connectivity index (χ4n) is 5.06. The number of ether oxygens (including phenoxy) is 1. The Morgan fingerprint density at radius 3 is 2.64 bits per heavy atom. The van der Waals surface area contributed by atoms with Crippen molar-refractivity contribution in [2.45, 2.75) is 32.9 Å². The van der Waals surface area contributed by atoms with Gasteiger partial charge in [-0.05, 0) is 50.4 Å². The first kappa shape index (κ1) is 27.7. The number of aromatic amines is 1. The Morgan fingerprint density at radius 1 is 1.12 bits per heavy atom. The zero-order valence-corrected chi connectivity index (χ0v) is 23.9. The first-order valence-corrected chi connectivity index (χ1v) is 14.1. The zero-order valence-electron chi connectivity index (χ0n) is 23.1. The number of carbonyl (C=O) groups is 2. The standard InChI is InChI=1S/C28H28F2N8O3S/c1-28(2,3)37-9-7-36(8-10-37)26(40)22-12-16-11-20(41-27(29)30)17(13-21(16)42-22)23-19(15-32-35-23)34-25(39)18-14-33-38-6-4-5-31-24(18)38/h4-6,11-15,27H,7-10H2,1-3H3,(H,32,35)(H,34,39). The number of hydrogen-bond acceptors (Lipinski definition) is 8. The number of anilines is 1. The summed E-state index contributed by atoms with van der Waals surface area (Å²) in [6.45, 7) is 6.13. The second-order valence-electron chi connectivity index (χ2n) is 10.9. The van der Waals surface area contributed by atoms with Gasteiger partial charge in [-0.15, -0.1) is 11.3 Å². The number of amides is 2. The lowest BCUT2D eigenvalue weighted by Crippen LogP contribution is -2.54. The van der Waals surface area contributed by atoms with Gasteiger partial charge in [0.05, 0.1) is 28.7 Å². The predicted molar refractivity (Wildman–Crippen MR) is 154 cm³/mol. The van der Waals surface area contributed by atoms with Crippen LogP contribution in [-0.4, -0.2) is 84.7 Å². The van der Waals surface area contributed by atoms with Gasteiger partial charge in [0.2, 0.25) is 0 Å². The van der Waals surface area contributed by atoms with Crippen molar-refractivity contribution in [1.29, 1.82) is 0 Å². The van der Waals surface area contributed by atoms with Gasteiger partial charge < -0.3 is 15.0 Å². The minimum absolute atomic E-state index is 0.0268. The predicted octanol–water partition coefficient (Wildman–Crippen LogP) is 4.74. The fourth-order valence-corrected chi connectivity index (χ4v) is 6.11. The molecule has 0 radical (unpaired) electrons. The van der Waals surface area contributed by atoms with Crippen LogP contribution in [0.5, 0.6) is 5.75 Å². The average Bonchev–Trinajstić information content (AvgIpc) is 3.69. The molecule has 4 aromatic heterocycles. The van der Waals surface area contributed by atoms with Gasteiger partial charge in [-0.25, -0.2) is 9.50 Å². The third kappa shape index (κ3) is 5.30. The Morgan fingerprint density at radius 2 is 1.90 bits per heavy atom. The molecule has 0 spiro atoms. The van der Waals surface area contributed by atoms with Gasteiger partial charge in [-0.2, -0.15) is 19.0 Å². The van der Waals surface area contributed by atoms with Crippen molar-refractivity contribution in [1.82, 2.24) is 34.6 Å². The number of fused-ring (bicyclic) bond motifs is 2. The summed E-state index contributed by atoms with van der Waals surface area (Å²) in [5.41, 5.74) is 1.39. The lowest BCUT2D eigenvalue weighted by molar-refractivity contribution is -0.0493. The number of carbonyl (C=O) groups excluding carboxylic acids is 2. The van der Waals surface area contributed by atoms with Gasteiger partial charge in [-0.1, -0.05) is 0 Å². The molecule has 5 heterocycles. The minimum atomic E-state index is -3.09. The van der Waals surface area contributed by atoms with Crippen LogP contribution in [0.3, 0.4) is 0 Å². The van der Waals surface area contributed by atoms with Crippen LogP contribution in [0.4, 0.5) is 14.5 Å². The van der Waals surface area contributed by atoms with Gasteiger partial charge in [0.15, 0.2) is 5.65 Å². The molecule has 0 aliphatic carbocycles. The van der Waals surface area contributed by atoms with E-state index in [9.17, 15) is 18.4 Å². The number of hydrogen-bond donors (Lipinski definition) is 2. The normalized spacial score (nSPS) is 14.7. The maximum atomic E-state index is 13.5. The Kier molecular flexibility index (Phi) is 7.10. The number of piperazine rings is 1. The summed E-state index contributed by atoms with van der Waals surface area (Å²) in [5.74, 6) is -0.719. The summed E-state index contributed by atoms with van der Waals surface area (Å²) < 4.78 is 34.0. The highest BCUT2D eigenvalue weighted by molar-refractivity contribution is 7.20. The second kappa shape index (κ2) is 10.8. The number of benzene rings is 1. The van der Waals surface area contributed by atoms with Gasteiger partial charge in [0.1, 0.15) is 11.3 Å². The summed E-state index contributed by atoms with van der Waals surface area (Å²) in [5, 5.41) is 14.3. The fraction of sp³-hybridized carbons (Fsp3) is 0.321. The lowest BCUT2D eigenvalue weighted by atomic mass is 10.0. The molecule has 11 nitrogen and oxygen atoms in total. The van der Waals surface area contributed by atoms with Crippen LogP contribution < -0.4 is 10.1 Å². The number of rotatable bonds is 6. The van der Waals surface area contributed by atoms with E-state index in [1.807, 2.05) is 4.90 Å². The van der Waals surface area contributed by atoms with Crippen LogP contribution in [-0.2, 0) is 0 Å². The van der Waals surface area contributed by atoms with E-state index in [0.717, 1.165) is 13.1 Å². The molecule has 0 unspecified atom stereocenters. The van der Waals surface area contributed by atoms with Gasteiger partial charge in [0.25, 0.3) is 11.8 Å². The first-order valence-electron chi connectivity index (χ1n) is 13.3. The molecule has 0 atom stereocenters. The molecule has 2 amide bonds. The van der Waals surface area contributed by atoms with Gasteiger partial charge in [0, 0.05) is 54.4 Å². The smallest absolute Gasteiger partial charge is 0.387 e. The number of thiophene rings is 1. The maximum Gasteiger partial charge on any atom is 0.387 e. The van der Waals surface area contributed by atoms with Crippen LogP contribution in [0.2, 0.25) is 0 Å². The number of H-pyrrole nitrogens is 1. The highest BCUT2D eigenvalue weighted by Gasteiger charge is 2.29. The van der Waals surface area contributed by atoms with Crippen molar-refractivity contribution in [3.8, 4) is 17.0 Å². The summed E-state index contributed by atoms with van der Waals surface area (Å²) >= 11 is 1.27. The molecule has 1 fully saturated rings. The number of aromatic nitrogens is 5. The molecule has 0 bridgehead atoms. The Bertz CT molecular complexity index is 1780. The van der Waals surface area contributed by atoms with E-state index in [1.165, 1.54) is 34.3 Å². The summed E-state index contributed by atoms with van der Waals surface area (Å²) in [6, 6.07) is 6.52. The third-order valence-corrected chi connectivity index (χ3v) is 8.33. The third-order valence-electron chi connectivity index (χ3n) is 7.24. The molecule has 1 aliphatic rings. The Labute approximate surface area is 243 Å².